The number of carbonyl (C=O) groups is 1. The molecule has 1 atom stereocenters. The molecule has 0 aromatic rings. The summed E-state index contributed by atoms with van der Waals surface area (Å²) in [7, 11) is 0. The lowest BCUT2D eigenvalue weighted by Gasteiger charge is -2.26. The maximum atomic E-state index is 11.7. The number of hydrogen-bond donors (Lipinski definition) is 1. The highest BCUT2D eigenvalue weighted by Gasteiger charge is 2.15. The van der Waals surface area contributed by atoms with Crippen LogP contribution < -0.4 is 5.73 Å². The van der Waals surface area contributed by atoms with Crippen molar-refractivity contribution in [1.82, 2.24) is 4.90 Å². The molecule has 4 nitrogen and oxygen atoms in total. The van der Waals surface area contributed by atoms with Crippen molar-refractivity contribution >= 4 is 17.7 Å². The number of amides is 1. The summed E-state index contributed by atoms with van der Waals surface area (Å²) in [6.45, 7) is 5.71. The van der Waals surface area contributed by atoms with Gasteiger partial charge >= 0.3 is 0 Å². The molecule has 1 saturated heterocycles. The highest BCUT2D eigenvalue weighted by Crippen LogP contribution is 2.12. The molecular formula is C11H22N2O2S. The first kappa shape index (κ1) is 13.8. The highest BCUT2D eigenvalue weighted by atomic mass is 32.2. The van der Waals surface area contributed by atoms with E-state index >= 15 is 0 Å². The second-order valence-corrected chi connectivity index (χ2v) is 5.56. The summed E-state index contributed by atoms with van der Waals surface area (Å²) in [5, 5.41) is 0.499. The average Bonchev–Trinajstić information content (AvgIpc) is 2.35. The largest absolute Gasteiger partial charge is 0.378 e. The highest BCUT2D eigenvalue weighted by molar-refractivity contribution is 7.99. The van der Waals surface area contributed by atoms with Crippen LogP contribution in [0.5, 0.6) is 0 Å². The van der Waals surface area contributed by atoms with Crippen molar-refractivity contribution in [3.8, 4) is 0 Å². The molecule has 0 aliphatic carbocycles. The number of thioether (sulfide) groups is 1. The van der Waals surface area contributed by atoms with E-state index in [9.17, 15) is 4.79 Å². The summed E-state index contributed by atoms with van der Waals surface area (Å²) in [6.07, 6.45) is 1.61. The zero-order chi connectivity index (χ0) is 11.8. The van der Waals surface area contributed by atoms with Crippen molar-refractivity contribution in [2.45, 2.75) is 25.0 Å². The lowest BCUT2D eigenvalue weighted by molar-refractivity contribution is -0.135. The van der Waals surface area contributed by atoms with Crippen LogP contribution in [0, 0.1) is 0 Å². The van der Waals surface area contributed by atoms with Gasteiger partial charge in [0.25, 0.3) is 0 Å². The fourth-order valence-corrected chi connectivity index (χ4v) is 2.40. The Labute approximate surface area is 102 Å². The number of rotatable bonds is 6. The van der Waals surface area contributed by atoms with Gasteiger partial charge in [-0.05, 0) is 12.2 Å². The van der Waals surface area contributed by atoms with Crippen LogP contribution in [0.3, 0.4) is 0 Å². The van der Waals surface area contributed by atoms with Crippen molar-refractivity contribution in [2.75, 3.05) is 38.6 Å². The van der Waals surface area contributed by atoms with Crippen LogP contribution in [0.25, 0.3) is 0 Å². The van der Waals surface area contributed by atoms with Crippen LogP contribution in [0.15, 0.2) is 0 Å². The molecular weight excluding hydrogens is 224 g/mol. The molecule has 0 radical (unpaired) electrons. The van der Waals surface area contributed by atoms with Crippen LogP contribution in [-0.2, 0) is 9.53 Å². The number of ether oxygens (including phenoxy) is 1. The van der Waals surface area contributed by atoms with Crippen molar-refractivity contribution < 1.29 is 9.53 Å². The minimum Gasteiger partial charge on any atom is -0.378 e. The first-order valence-electron chi connectivity index (χ1n) is 5.91. The molecule has 0 aromatic carbocycles. The van der Waals surface area contributed by atoms with Crippen molar-refractivity contribution in [3.05, 3.63) is 0 Å². The van der Waals surface area contributed by atoms with E-state index in [1.165, 1.54) is 0 Å². The van der Waals surface area contributed by atoms with Gasteiger partial charge in [-0.3, -0.25) is 4.79 Å². The number of hydrogen-bond acceptors (Lipinski definition) is 4. The topological polar surface area (TPSA) is 55.6 Å². The molecule has 2 N–H and O–H groups in total. The molecule has 1 heterocycles. The van der Waals surface area contributed by atoms with Crippen LogP contribution in [0.4, 0.5) is 0 Å². The Bertz CT molecular complexity index is 208. The van der Waals surface area contributed by atoms with E-state index in [4.69, 9.17) is 10.5 Å². The van der Waals surface area contributed by atoms with Gasteiger partial charge in [-0.1, -0.05) is 6.92 Å². The van der Waals surface area contributed by atoms with E-state index in [2.05, 4.69) is 6.92 Å². The molecule has 1 aliphatic heterocycles. The Kier molecular flexibility index (Phi) is 6.84. The van der Waals surface area contributed by atoms with Gasteiger partial charge in [0.05, 0.1) is 13.2 Å². The van der Waals surface area contributed by atoms with E-state index in [1.54, 1.807) is 0 Å². The lowest BCUT2D eigenvalue weighted by atomic mass is 10.3. The molecule has 0 aromatic heterocycles. The molecule has 1 amide bonds. The van der Waals surface area contributed by atoms with Gasteiger partial charge < -0.3 is 15.4 Å². The molecule has 0 bridgehead atoms. The molecule has 5 heteroatoms. The van der Waals surface area contributed by atoms with Crippen LogP contribution in [0.1, 0.15) is 19.8 Å². The first-order chi connectivity index (χ1) is 7.74. The van der Waals surface area contributed by atoms with E-state index in [1.807, 2.05) is 16.7 Å². The smallest absolute Gasteiger partial charge is 0.222 e. The quantitative estimate of drug-likeness (QED) is 0.701. The number of carbonyl (C=O) groups excluding carboxylic acids is 1. The van der Waals surface area contributed by atoms with Gasteiger partial charge in [0.1, 0.15) is 0 Å². The van der Waals surface area contributed by atoms with Crippen LogP contribution in [-0.4, -0.2) is 54.7 Å². The summed E-state index contributed by atoms with van der Waals surface area (Å²) in [5.74, 6) is 1.29. The van der Waals surface area contributed by atoms with Gasteiger partial charge in [0, 0.05) is 31.3 Å². The Morgan fingerprint density at radius 1 is 1.50 bits per heavy atom. The van der Waals surface area contributed by atoms with Crippen molar-refractivity contribution in [2.24, 2.45) is 5.73 Å². The van der Waals surface area contributed by atoms with Gasteiger partial charge in [-0.2, -0.15) is 11.8 Å². The Balaban J connectivity index is 2.05. The molecule has 1 aliphatic rings. The second-order valence-electron chi connectivity index (χ2n) is 4.01. The third-order valence-electron chi connectivity index (χ3n) is 2.63. The summed E-state index contributed by atoms with van der Waals surface area (Å²) >= 11 is 1.84. The fraction of sp³-hybridized carbons (Fsp3) is 0.909. The molecule has 1 rings (SSSR count). The summed E-state index contributed by atoms with van der Waals surface area (Å²) < 4.78 is 5.21. The summed E-state index contributed by atoms with van der Waals surface area (Å²) in [5.41, 5.74) is 5.52. The number of nitrogens with two attached hydrogens (primary N) is 1. The minimum absolute atomic E-state index is 0.268. The zero-order valence-corrected chi connectivity index (χ0v) is 10.8. The number of nitrogens with zero attached hydrogens (tertiary/aromatic N) is 1. The van der Waals surface area contributed by atoms with Crippen molar-refractivity contribution in [1.29, 1.82) is 0 Å². The minimum atomic E-state index is 0.268. The predicted octanol–water partition coefficient (Wildman–Crippen LogP) is 0.706. The predicted molar refractivity (Wildman–Crippen MR) is 67.6 cm³/mol. The average molecular weight is 246 g/mol. The van der Waals surface area contributed by atoms with E-state index in [0.29, 0.717) is 31.4 Å². The normalized spacial score (nSPS) is 18.5. The Morgan fingerprint density at radius 2 is 2.19 bits per heavy atom. The Hall–Kier alpha value is -0.260. The summed E-state index contributed by atoms with van der Waals surface area (Å²) in [4.78, 5) is 13.7. The lowest BCUT2D eigenvalue weighted by Crippen LogP contribution is -2.40. The maximum absolute atomic E-state index is 11.7. The molecule has 0 spiro atoms. The van der Waals surface area contributed by atoms with E-state index in [-0.39, 0.29) is 5.91 Å². The molecule has 1 unspecified atom stereocenters. The van der Waals surface area contributed by atoms with Crippen LogP contribution in [0.2, 0.25) is 0 Å². The fourth-order valence-electron chi connectivity index (χ4n) is 1.55. The third-order valence-corrected chi connectivity index (χ3v) is 3.92. The second kappa shape index (κ2) is 7.92. The molecule has 1 fully saturated rings. The molecule has 94 valence electrons. The molecule has 16 heavy (non-hydrogen) atoms. The van der Waals surface area contributed by atoms with Gasteiger partial charge in [-0.25, -0.2) is 0 Å². The van der Waals surface area contributed by atoms with Crippen LogP contribution >= 0.6 is 11.8 Å². The first-order valence-corrected chi connectivity index (χ1v) is 6.96. The monoisotopic (exact) mass is 246 g/mol. The summed E-state index contributed by atoms with van der Waals surface area (Å²) in [6, 6.07) is 0. The van der Waals surface area contributed by atoms with Gasteiger partial charge in [0.2, 0.25) is 5.91 Å². The van der Waals surface area contributed by atoms with E-state index < -0.39 is 0 Å². The van der Waals surface area contributed by atoms with Crippen molar-refractivity contribution in [3.63, 3.8) is 0 Å². The van der Waals surface area contributed by atoms with Gasteiger partial charge in [-0.15, -0.1) is 0 Å². The zero-order valence-electron chi connectivity index (χ0n) is 9.98. The SMILES string of the molecule is CC(CN)SCCCC(=O)N1CCOCC1. The van der Waals surface area contributed by atoms with E-state index in [0.717, 1.165) is 25.3 Å². The standard InChI is InChI=1S/C11H22N2O2S/c1-10(9-12)16-8-2-3-11(14)13-4-6-15-7-5-13/h10H,2-9,12H2,1H3. The van der Waals surface area contributed by atoms with Gasteiger partial charge in [0.15, 0.2) is 0 Å². The maximum Gasteiger partial charge on any atom is 0.222 e. The Morgan fingerprint density at radius 3 is 2.81 bits per heavy atom. The molecule has 0 saturated carbocycles. The number of morpholine rings is 1. The third kappa shape index (κ3) is 5.18.